The van der Waals surface area contributed by atoms with Crippen molar-refractivity contribution in [1.82, 2.24) is 0 Å². The normalized spacial score (nSPS) is 17.8. The minimum Gasteiger partial charge on any atom is -0.508 e. The van der Waals surface area contributed by atoms with E-state index < -0.39 is 40.7 Å². The summed E-state index contributed by atoms with van der Waals surface area (Å²) in [5, 5.41) is 21.8. The molecule has 44 heavy (non-hydrogen) atoms. The van der Waals surface area contributed by atoms with E-state index in [1.807, 2.05) is 50.3 Å². The molecule has 2 nitrogen and oxygen atoms in total. The van der Waals surface area contributed by atoms with Crippen molar-refractivity contribution in [2.45, 2.75) is 38.0 Å². The largest absolute Gasteiger partial charge is 0.508 e. The molecule has 0 heterocycles. The molecule has 9 heteroatoms. The predicted molar refractivity (Wildman–Crippen MR) is 153 cm³/mol. The number of hydrogen-bond donors (Lipinski definition) is 2. The molecular formula is C35H26F6O2Zr. The Bertz CT molecular complexity index is 1690. The molecule has 0 saturated heterocycles. The molecule has 0 spiro atoms. The summed E-state index contributed by atoms with van der Waals surface area (Å²) in [5.74, 6) is -2.14. The summed E-state index contributed by atoms with van der Waals surface area (Å²) in [5.41, 5.74) is 1.66. The first-order valence-electron chi connectivity index (χ1n) is 13.6. The number of halogens is 6. The van der Waals surface area contributed by atoms with E-state index in [0.717, 1.165) is 47.5 Å². The minimum atomic E-state index is -4.64. The zero-order valence-corrected chi connectivity index (χ0v) is 26.0. The van der Waals surface area contributed by atoms with E-state index in [9.17, 15) is 36.6 Å². The van der Waals surface area contributed by atoms with E-state index >= 15 is 0 Å². The van der Waals surface area contributed by atoms with Crippen molar-refractivity contribution in [3.63, 3.8) is 0 Å². The molecule has 0 saturated carbocycles. The van der Waals surface area contributed by atoms with E-state index in [2.05, 4.69) is 0 Å². The number of phenols is 2. The van der Waals surface area contributed by atoms with Gasteiger partial charge in [0.25, 0.3) is 0 Å². The summed E-state index contributed by atoms with van der Waals surface area (Å²) in [6.45, 7) is 3.75. The first kappa shape index (κ1) is 31.8. The quantitative estimate of drug-likeness (QED) is 0.210. The molecule has 0 fully saturated rings. The predicted octanol–water partition coefficient (Wildman–Crippen LogP) is 9.92. The Morgan fingerprint density at radius 3 is 1.25 bits per heavy atom. The number of phenolic OH excluding ortho intramolecular Hbond substituents is 2. The molecule has 0 bridgehead atoms. The van der Waals surface area contributed by atoms with E-state index in [1.165, 1.54) is 0 Å². The van der Waals surface area contributed by atoms with Crippen molar-refractivity contribution >= 4 is 12.2 Å². The Labute approximate surface area is 269 Å². The van der Waals surface area contributed by atoms with E-state index in [4.69, 9.17) is 0 Å². The van der Waals surface area contributed by atoms with Gasteiger partial charge in [0.05, 0.1) is 11.1 Å². The van der Waals surface area contributed by atoms with Gasteiger partial charge in [-0.15, -0.1) is 0 Å². The monoisotopic (exact) mass is 682 g/mol. The zero-order valence-electron chi connectivity index (χ0n) is 23.6. The number of aromatic hydroxyl groups is 2. The molecule has 0 amide bonds. The van der Waals surface area contributed by atoms with Gasteiger partial charge in [0.15, 0.2) is 0 Å². The fourth-order valence-corrected chi connectivity index (χ4v) is 6.49. The van der Waals surface area contributed by atoms with Crippen molar-refractivity contribution in [3.8, 4) is 11.5 Å². The Kier molecular flexibility index (Phi) is 8.03. The number of hydrogen-bond acceptors (Lipinski definition) is 2. The van der Waals surface area contributed by atoms with Crippen molar-refractivity contribution in [3.05, 3.63) is 141 Å². The van der Waals surface area contributed by atoms with Gasteiger partial charge in [0.1, 0.15) is 11.5 Å². The Hall–Kier alpha value is -3.58. The molecular weight excluding hydrogens is 658 g/mol. The average Bonchev–Trinajstić information content (AvgIpc) is 3.53. The van der Waals surface area contributed by atoms with Gasteiger partial charge >= 0.3 is 12.4 Å². The van der Waals surface area contributed by atoms with Crippen LogP contribution in [0.1, 0.15) is 70.2 Å². The van der Waals surface area contributed by atoms with E-state index in [1.54, 1.807) is 24.3 Å². The van der Waals surface area contributed by atoms with Crippen molar-refractivity contribution in [2.24, 2.45) is 5.41 Å². The van der Waals surface area contributed by atoms with Crippen LogP contribution < -0.4 is 0 Å². The third-order valence-electron chi connectivity index (χ3n) is 8.63. The van der Waals surface area contributed by atoms with Crippen LogP contribution in [0.3, 0.4) is 0 Å². The Morgan fingerprint density at radius 2 is 0.886 bits per heavy atom. The first-order chi connectivity index (χ1) is 20.2. The van der Waals surface area contributed by atoms with Crippen LogP contribution in [-0.4, -0.2) is 10.2 Å². The molecule has 2 N–H and O–H groups in total. The summed E-state index contributed by atoms with van der Waals surface area (Å²) < 4.78 is 82.8. The van der Waals surface area contributed by atoms with Crippen molar-refractivity contribution < 1.29 is 62.8 Å². The van der Waals surface area contributed by atoms with Crippen LogP contribution >= 0.6 is 0 Å². The number of rotatable bonds is 4. The summed E-state index contributed by atoms with van der Waals surface area (Å²) in [4.78, 5) is 0. The fraction of sp³-hybridized carbons (Fsp3) is 0.200. The van der Waals surface area contributed by atoms with E-state index in [-0.39, 0.29) is 48.8 Å². The van der Waals surface area contributed by atoms with Gasteiger partial charge in [-0.1, -0.05) is 74.5 Å². The molecule has 2 atom stereocenters. The summed E-state index contributed by atoms with van der Waals surface area (Å²) >= 11 is 0. The van der Waals surface area contributed by atoms with Gasteiger partial charge in [-0.3, -0.25) is 0 Å². The van der Waals surface area contributed by atoms with Gasteiger partial charge in [-0.2, -0.15) is 26.3 Å². The van der Waals surface area contributed by atoms with Crippen LogP contribution in [0.25, 0.3) is 12.2 Å². The summed E-state index contributed by atoms with van der Waals surface area (Å²) in [7, 11) is 0. The maximum Gasteiger partial charge on any atom is 0.416 e. The maximum absolute atomic E-state index is 13.8. The second-order valence-electron chi connectivity index (χ2n) is 11.5. The number of alkyl halides is 6. The summed E-state index contributed by atoms with van der Waals surface area (Å²) in [6.07, 6.45) is -5.51. The second-order valence-corrected chi connectivity index (χ2v) is 11.5. The van der Waals surface area contributed by atoms with Gasteiger partial charge in [0.2, 0.25) is 0 Å². The first-order valence-corrected chi connectivity index (χ1v) is 13.6. The minimum absolute atomic E-state index is 0. The van der Waals surface area contributed by atoms with Crippen LogP contribution in [-0.2, 0) is 38.6 Å². The van der Waals surface area contributed by atoms with E-state index in [0.29, 0.717) is 22.3 Å². The number of allylic oxidation sites excluding steroid dienone is 2. The van der Waals surface area contributed by atoms with Crippen molar-refractivity contribution in [2.75, 3.05) is 0 Å². The van der Waals surface area contributed by atoms with Crippen LogP contribution in [0.15, 0.2) is 96.1 Å². The molecule has 4 aromatic rings. The molecule has 0 aromatic heterocycles. The molecule has 6 rings (SSSR count). The van der Waals surface area contributed by atoms with Crippen LogP contribution in [0.5, 0.6) is 11.5 Å². The zero-order chi connectivity index (χ0) is 30.9. The smallest absolute Gasteiger partial charge is 0.416 e. The SMILES string of the molecule is CC(C)(C1=Cc2ccccc2C1c1cc(C(F)(F)F)ccc1O)C1=Cc2ccccc2C1c1cc(C(F)(F)F)ccc1O.[Zr]. The third kappa shape index (κ3) is 5.34. The molecule has 224 valence electrons. The van der Waals surface area contributed by atoms with Gasteiger partial charge < -0.3 is 10.2 Å². The molecule has 4 aromatic carbocycles. The Morgan fingerprint density at radius 1 is 0.523 bits per heavy atom. The van der Waals surface area contributed by atoms with Crippen LogP contribution in [0.4, 0.5) is 26.3 Å². The van der Waals surface area contributed by atoms with Crippen molar-refractivity contribution in [1.29, 1.82) is 0 Å². The van der Waals surface area contributed by atoms with Crippen LogP contribution in [0, 0.1) is 5.41 Å². The molecule has 2 aliphatic carbocycles. The van der Waals surface area contributed by atoms with Gasteiger partial charge in [0, 0.05) is 54.6 Å². The molecule has 0 aliphatic heterocycles. The summed E-state index contributed by atoms with van der Waals surface area (Å²) in [6, 6.07) is 20.1. The Balaban J connectivity index is 0.00000384. The molecule has 2 unspecified atom stereocenters. The van der Waals surface area contributed by atoms with Gasteiger partial charge in [-0.05, 0) is 69.8 Å². The molecule has 0 radical (unpaired) electrons. The second kappa shape index (κ2) is 11.1. The molecule has 2 aliphatic rings. The maximum atomic E-state index is 13.8. The topological polar surface area (TPSA) is 40.5 Å². The fourth-order valence-electron chi connectivity index (χ4n) is 6.49. The third-order valence-corrected chi connectivity index (χ3v) is 8.63. The number of benzene rings is 4. The standard InChI is InChI=1S/C35H26F6O2.Zr/c1-33(2,27-15-19-7-3-5-9-23(19)31(27)25-17-21(34(36,37)38)11-13-29(25)42)28-16-20-8-4-6-10-24(20)32(28)26-18-22(35(39,40)41)12-14-30(26)43;/h3-18,31-32,42-43H,1-2H3;. The number of fused-ring (bicyclic) bond motifs is 2. The van der Waals surface area contributed by atoms with Crippen LogP contribution in [0.2, 0.25) is 0 Å². The average molecular weight is 684 g/mol. The van der Waals surface area contributed by atoms with Gasteiger partial charge in [-0.25, -0.2) is 0 Å².